The fourth-order valence-corrected chi connectivity index (χ4v) is 3.76. The SMILES string of the molecule is CC(=O)N(C)[C@@H]1CCN(Cc2nc(-c3cccc(Oc4ccccc4)c3)oc2C)C1. The van der Waals surface area contributed by atoms with Gasteiger partial charge in [0.15, 0.2) is 0 Å². The van der Waals surface area contributed by atoms with Crippen molar-refractivity contribution < 1.29 is 13.9 Å². The number of hydrogen-bond donors (Lipinski definition) is 0. The number of aromatic nitrogens is 1. The summed E-state index contributed by atoms with van der Waals surface area (Å²) in [5, 5.41) is 0. The molecule has 6 nitrogen and oxygen atoms in total. The number of carbonyl (C=O) groups excluding carboxylic acids is 1. The summed E-state index contributed by atoms with van der Waals surface area (Å²) in [6.07, 6.45) is 0.985. The maximum atomic E-state index is 11.6. The largest absolute Gasteiger partial charge is 0.457 e. The maximum Gasteiger partial charge on any atom is 0.226 e. The first-order chi connectivity index (χ1) is 14.5. The molecular weight excluding hydrogens is 378 g/mol. The maximum absolute atomic E-state index is 11.6. The van der Waals surface area contributed by atoms with Gasteiger partial charge in [-0.25, -0.2) is 4.98 Å². The molecule has 2 heterocycles. The van der Waals surface area contributed by atoms with E-state index in [1.54, 1.807) is 6.92 Å². The number of likely N-dealkylation sites (tertiary alicyclic amines) is 1. The Hall–Kier alpha value is -3.12. The first-order valence-electron chi connectivity index (χ1n) is 10.2. The number of aryl methyl sites for hydroxylation is 1. The molecule has 1 saturated heterocycles. The lowest BCUT2D eigenvalue weighted by atomic mass is 10.2. The highest BCUT2D eigenvalue weighted by atomic mass is 16.5. The Morgan fingerprint density at radius 3 is 2.73 bits per heavy atom. The van der Waals surface area contributed by atoms with Crippen molar-refractivity contribution >= 4 is 5.91 Å². The molecule has 1 amide bonds. The van der Waals surface area contributed by atoms with Gasteiger partial charge in [0, 0.05) is 45.2 Å². The summed E-state index contributed by atoms with van der Waals surface area (Å²) in [5.41, 5.74) is 1.82. The van der Waals surface area contributed by atoms with E-state index in [1.807, 2.05) is 73.5 Å². The molecule has 0 aliphatic carbocycles. The third kappa shape index (κ3) is 4.54. The monoisotopic (exact) mass is 405 g/mol. The van der Waals surface area contributed by atoms with Crippen molar-refractivity contribution in [3.8, 4) is 23.0 Å². The highest BCUT2D eigenvalue weighted by Crippen LogP contribution is 2.29. The second-order valence-corrected chi connectivity index (χ2v) is 7.77. The molecule has 1 atom stereocenters. The zero-order valence-corrected chi connectivity index (χ0v) is 17.7. The molecule has 30 heavy (non-hydrogen) atoms. The number of rotatable bonds is 6. The van der Waals surface area contributed by atoms with Crippen LogP contribution in [0.2, 0.25) is 0 Å². The molecule has 3 aromatic rings. The summed E-state index contributed by atoms with van der Waals surface area (Å²) in [4.78, 5) is 20.5. The molecule has 6 heteroatoms. The van der Waals surface area contributed by atoms with Crippen LogP contribution in [0.5, 0.6) is 11.5 Å². The van der Waals surface area contributed by atoms with Gasteiger partial charge in [-0.2, -0.15) is 0 Å². The normalized spacial score (nSPS) is 16.6. The molecule has 1 fully saturated rings. The quantitative estimate of drug-likeness (QED) is 0.605. The molecule has 2 aromatic carbocycles. The van der Waals surface area contributed by atoms with Crippen LogP contribution in [-0.2, 0) is 11.3 Å². The third-order valence-electron chi connectivity index (χ3n) is 5.62. The lowest BCUT2D eigenvalue weighted by Crippen LogP contribution is -2.37. The standard InChI is InChI=1S/C24H27N3O3/c1-17-23(16-27-13-12-20(15-27)26(3)18(2)28)25-24(29-17)19-8-7-11-22(14-19)30-21-9-5-4-6-10-21/h4-11,14,20H,12-13,15-16H2,1-3H3/t20-/m1/s1. The number of likely N-dealkylation sites (N-methyl/N-ethyl adjacent to an activating group) is 1. The Labute approximate surface area is 177 Å². The summed E-state index contributed by atoms with van der Waals surface area (Å²) in [7, 11) is 1.88. The van der Waals surface area contributed by atoms with Crippen molar-refractivity contribution in [1.82, 2.24) is 14.8 Å². The van der Waals surface area contributed by atoms with Crippen LogP contribution in [0.25, 0.3) is 11.5 Å². The first kappa shape index (κ1) is 20.2. The van der Waals surface area contributed by atoms with Crippen LogP contribution in [0.15, 0.2) is 59.0 Å². The van der Waals surface area contributed by atoms with E-state index < -0.39 is 0 Å². The van der Waals surface area contributed by atoms with E-state index in [2.05, 4.69) is 4.90 Å². The lowest BCUT2D eigenvalue weighted by molar-refractivity contribution is -0.129. The minimum atomic E-state index is 0.111. The van der Waals surface area contributed by atoms with Gasteiger partial charge in [-0.05, 0) is 43.7 Å². The summed E-state index contributed by atoms with van der Waals surface area (Å²) >= 11 is 0. The predicted molar refractivity (Wildman–Crippen MR) is 115 cm³/mol. The van der Waals surface area contributed by atoms with E-state index in [1.165, 1.54) is 0 Å². The predicted octanol–water partition coefficient (Wildman–Crippen LogP) is 4.49. The molecule has 0 spiro atoms. The van der Waals surface area contributed by atoms with E-state index in [9.17, 15) is 4.79 Å². The van der Waals surface area contributed by atoms with Gasteiger partial charge in [0.1, 0.15) is 17.3 Å². The summed E-state index contributed by atoms with van der Waals surface area (Å²) < 4.78 is 11.9. The minimum absolute atomic E-state index is 0.111. The van der Waals surface area contributed by atoms with Crippen molar-refractivity contribution in [2.45, 2.75) is 32.9 Å². The number of ether oxygens (including phenoxy) is 1. The molecule has 0 unspecified atom stereocenters. The number of carbonyl (C=O) groups is 1. The van der Waals surface area contributed by atoms with Gasteiger partial charge >= 0.3 is 0 Å². The van der Waals surface area contributed by atoms with Crippen molar-refractivity contribution in [3.05, 3.63) is 66.1 Å². The average Bonchev–Trinajstić information content (AvgIpc) is 3.35. The molecule has 156 valence electrons. The molecular formula is C24H27N3O3. The Bertz CT molecular complexity index is 1020. The topological polar surface area (TPSA) is 58.8 Å². The molecule has 0 saturated carbocycles. The number of hydrogen-bond acceptors (Lipinski definition) is 5. The van der Waals surface area contributed by atoms with Gasteiger partial charge in [0.2, 0.25) is 11.8 Å². The van der Waals surface area contributed by atoms with Crippen LogP contribution in [0, 0.1) is 6.92 Å². The molecule has 0 bridgehead atoms. The van der Waals surface area contributed by atoms with Crippen LogP contribution in [0.1, 0.15) is 24.8 Å². The van der Waals surface area contributed by atoms with Crippen LogP contribution < -0.4 is 4.74 Å². The van der Waals surface area contributed by atoms with Crippen LogP contribution in [0.3, 0.4) is 0 Å². The van der Waals surface area contributed by atoms with Gasteiger partial charge in [-0.3, -0.25) is 9.69 Å². The number of para-hydroxylation sites is 1. The summed E-state index contributed by atoms with van der Waals surface area (Å²) in [6.45, 7) is 6.10. The number of nitrogens with zero attached hydrogens (tertiary/aromatic N) is 3. The molecule has 4 rings (SSSR count). The molecule has 1 aliphatic heterocycles. The molecule has 0 N–H and O–H groups in total. The lowest BCUT2D eigenvalue weighted by Gasteiger charge is -2.23. The molecule has 0 radical (unpaired) electrons. The molecule has 1 aromatic heterocycles. The van der Waals surface area contributed by atoms with Crippen LogP contribution in [0.4, 0.5) is 0 Å². The Morgan fingerprint density at radius 2 is 1.97 bits per heavy atom. The van der Waals surface area contributed by atoms with Gasteiger partial charge < -0.3 is 14.1 Å². The number of benzene rings is 2. The van der Waals surface area contributed by atoms with Crippen LogP contribution >= 0.6 is 0 Å². The van der Waals surface area contributed by atoms with E-state index >= 15 is 0 Å². The molecule has 1 aliphatic rings. The number of amides is 1. The van der Waals surface area contributed by atoms with E-state index in [-0.39, 0.29) is 11.9 Å². The van der Waals surface area contributed by atoms with Gasteiger partial charge in [0.25, 0.3) is 0 Å². The van der Waals surface area contributed by atoms with Crippen molar-refractivity contribution in [1.29, 1.82) is 0 Å². The smallest absolute Gasteiger partial charge is 0.226 e. The number of oxazole rings is 1. The van der Waals surface area contributed by atoms with E-state index in [0.29, 0.717) is 5.89 Å². The van der Waals surface area contributed by atoms with Crippen molar-refractivity contribution in [2.24, 2.45) is 0 Å². The summed E-state index contributed by atoms with van der Waals surface area (Å²) in [5.74, 6) is 3.06. The summed E-state index contributed by atoms with van der Waals surface area (Å²) in [6, 6.07) is 17.7. The highest BCUT2D eigenvalue weighted by molar-refractivity contribution is 5.73. The Kier molecular flexibility index (Phi) is 5.86. The Balaban J connectivity index is 1.45. The fourth-order valence-electron chi connectivity index (χ4n) is 3.76. The van der Waals surface area contributed by atoms with Crippen molar-refractivity contribution in [2.75, 3.05) is 20.1 Å². The second kappa shape index (κ2) is 8.71. The third-order valence-corrected chi connectivity index (χ3v) is 5.62. The van der Waals surface area contributed by atoms with Crippen LogP contribution in [-0.4, -0.2) is 46.9 Å². The zero-order chi connectivity index (χ0) is 21.1. The Morgan fingerprint density at radius 1 is 1.20 bits per heavy atom. The fraction of sp³-hybridized carbons (Fsp3) is 0.333. The van der Waals surface area contributed by atoms with Gasteiger partial charge in [0.05, 0.1) is 5.69 Å². The second-order valence-electron chi connectivity index (χ2n) is 7.77. The van der Waals surface area contributed by atoms with E-state index in [0.717, 1.165) is 54.6 Å². The zero-order valence-electron chi connectivity index (χ0n) is 17.7. The first-order valence-corrected chi connectivity index (χ1v) is 10.2. The van der Waals surface area contributed by atoms with Gasteiger partial charge in [-0.15, -0.1) is 0 Å². The van der Waals surface area contributed by atoms with Gasteiger partial charge in [-0.1, -0.05) is 24.3 Å². The average molecular weight is 405 g/mol. The minimum Gasteiger partial charge on any atom is -0.457 e. The van der Waals surface area contributed by atoms with Crippen molar-refractivity contribution in [3.63, 3.8) is 0 Å². The highest BCUT2D eigenvalue weighted by Gasteiger charge is 2.28. The van der Waals surface area contributed by atoms with E-state index in [4.69, 9.17) is 14.1 Å².